The normalized spacial score (nSPS) is 35.9. The Morgan fingerprint density at radius 3 is 3.24 bits per heavy atom. The van der Waals surface area contributed by atoms with E-state index in [1.807, 2.05) is 12.1 Å². The second-order valence-electron chi connectivity index (χ2n) is 4.72. The first kappa shape index (κ1) is 11.4. The Morgan fingerprint density at radius 1 is 1.53 bits per heavy atom. The first-order valence-corrected chi connectivity index (χ1v) is 6.81. The lowest BCUT2D eigenvalue weighted by molar-refractivity contribution is -0.104. The smallest absolute Gasteiger partial charge is 0.140 e. The quantitative estimate of drug-likeness (QED) is 0.873. The maximum Gasteiger partial charge on any atom is 0.140 e. The van der Waals surface area contributed by atoms with E-state index in [4.69, 9.17) is 10.5 Å². The van der Waals surface area contributed by atoms with Gasteiger partial charge >= 0.3 is 0 Å². The van der Waals surface area contributed by atoms with Crippen LogP contribution in [0.4, 0.5) is 5.82 Å². The van der Waals surface area contributed by atoms with Crippen LogP contribution in [0.25, 0.3) is 0 Å². The molecule has 1 aliphatic heterocycles. The molecule has 0 amide bonds. The molecule has 1 saturated heterocycles. The molecule has 4 unspecified atom stereocenters. The number of nitrogens with zero attached hydrogens (tertiary/aromatic N) is 1. The molecule has 2 aliphatic rings. The van der Waals surface area contributed by atoms with E-state index in [1.54, 1.807) is 6.20 Å². The topological polar surface area (TPSA) is 60.2 Å². The molecule has 3 N–H and O–H groups in total. The summed E-state index contributed by atoms with van der Waals surface area (Å²) >= 11 is 3.48. The SMILES string of the molecule is NC1C2CCCOC2C1Nc1ncccc1Br. The molecular weight excluding hydrogens is 282 g/mol. The molecule has 4 atom stereocenters. The Bertz CT molecular complexity index is 414. The number of fused-ring (bicyclic) bond motifs is 1. The maximum absolute atomic E-state index is 6.19. The zero-order valence-electron chi connectivity index (χ0n) is 9.47. The molecule has 3 rings (SSSR count). The minimum atomic E-state index is 0.175. The Morgan fingerprint density at radius 2 is 2.41 bits per heavy atom. The molecule has 1 aromatic heterocycles. The van der Waals surface area contributed by atoms with Gasteiger partial charge in [-0.05, 0) is 40.9 Å². The Balaban J connectivity index is 1.72. The molecule has 1 aromatic rings. The van der Waals surface area contributed by atoms with Gasteiger partial charge < -0.3 is 15.8 Å². The van der Waals surface area contributed by atoms with Gasteiger partial charge in [-0.2, -0.15) is 0 Å². The van der Waals surface area contributed by atoms with E-state index < -0.39 is 0 Å². The summed E-state index contributed by atoms with van der Waals surface area (Å²) in [4.78, 5) is 4.30. The van der Waals surface area contributed by atoms with Crippen LogP contribution < -0.4 is 11.1 Å². The molecule has 0 bridgehead atoms. The predicted octanol–water partition coefficient (Wildman–Crippen LogP) is 1.76. The molecule has 1 saturated carbocycles. The van der Waals surface area contributed by atoms with Crippen LogP contribution in [0, 0.1) is 5.92 Å². The third-order valence-corrected chi connectivity index (χ3v) is 4.38. The number of hydrogen-bond donors (Lipinski definition) is 2. The van der Waals surface area contributed by atoms with E-state index in [2.05, 4.69) is 26.2 Å². The lowest BCUT2D eigenvalue weighted by Gasteiger charge is -2.52. The van der Waals surface area contributed by atoms with Gasteiger partial charge in [0.2, 0.25) is 0 Å². The van der Waals surface area contributed by atoms with Crippen LogP contribution in [0.3, 0.4) is 0 Å². The van der Waals surface area contributed by atoms with Crippen molar-refractivity contribution in [3.63, 3.8) is 0 Å². The number of ether oxygens (including phenoxy) is 1. The van der Waals surface area contributed by atoms with Crippen molar-refractivity contribution < 1.29 is 4.74 Å². The van der Waals surface area contributed by atoms with Crippen LogP contribution in [0.5, 0.6) is 0 Å². The zero-order valence-corrected chi connectivity index (χ0v) is 11.1. The van der Waals surface area contributed by atoms with E-state index in [0.29, 0.717) is 5.92 Å². The lowest BCUT2D eigenvalue weighted by atomic mass is 9.68. The number of nitrogens with two attached hydrogens (primary N) is 1. The molecule has 0 spiro atoms. The van der Waals surface area contributed by atoms with E-state index in [9.17, 15) is 0 Å². The number of rotatable bonds is 2. The third-order valence-electron chi connectivity index (χ3n) is 3.74. The monoisotopic (exact) mass is 297 g/mol. The van der Waals surface area contributed by atoms with Crippen molar-refractivity contribution in [2.24, 2.45) is 11.7 Å². The highest BCUT2D eigenvalue weighted by Gasteiger charge is 2.50. The first-order valence-electron chi connectivity index (χ1n) is 6.01. The van der Waals surface area contributed by atoms with Gasteiger partial charge in [-0.25, -0.2) is 4.98 Å². The van der Waals surface area contributed by atoms with Crippen molar-refractivity contribution in [3.05, 3.63) is 22.8 Å². The highest BCUT2D eigenvalue weighted by molar-refractivity contribution is 9.10. The fraction of sp³-hybridized carbons (Fsp3) is 0.583. The molecule has 17 heavy (non-hydrogen) atoms. The highest BCUT2D eigenvalue weighted by Crippen LogP contribution is 2.39. The summed E-state index contributed by atoms with van der Waals surface area (Å²) in [6.07, 6.45) is 4.35. The summed E-state index contributed by atoms with van der Waals surface area (Å²) < 4.78 is 6.75. The number of nitrogens with one attached hydrogen (secondary N) is 1. The predicted molar refractivity (Wildman–Crippen MR) is 69.8 cm³/mol. The highest BCUT2D eigenvalue weighted by atomic mass is 79.9. The average molecular weight is 298 g/mol. The fourth-order valence-electron chi connectivity index (χ4n) is 2.78. The van der Waals surface area contributed by atoms with Gasteiger partial charge in [-0.15, -0.1) is 0 Å². The van der Waals surface area contributed by atoms with Crippen LogP contribution in [0.15, 0.2) is 22.8 Å². The van der Waals surface area contributed by atoms with Gasteiger partial charge in [0.25, 0.3) is 0 Å². The molecule has 0 aromatic carbocycles. The summed E-state index contributed by atoms with van der Waals surface area (Å²) in [5.41, 5.74) is 6.19. The van der Waals surface area contributed by atoms with Crippen LogP contribution in [-0.4, -0.2) is 29.8 Å². The number of halogens is 1. The van der Waals surface area contributed by atoms with Crippen molar-refractivity contribution in [1.82, 2.24) is 4.98 Å². The van der Waals surface area contributed by atoms with Gasteiger partial charge in [0.1, 0.15) is 5.82 Å². The fourth-order valence-corrected chi connectivity index (χ4v) is 3.15. The Kier molecular flexibility index (Phi) is 3.06. The third kappa shape index (κ3) is 1.96. The van der Waals surface area contributed by atoms with Crippen LogP contribution >= 0.6 is 15.9 Å². The Hall–Kier alpha value is -0.650. The minimum Gasteiger partial charge on any atom is -0.376 e. The molecule has 92 valence electrons. The van der Waals surface area contributed by atoms with Crippen molar-refractivity contribution in [3.8, 4) is 0 Å². The largest absolute Gasteiger partial charge is 0.376 e. The molecule has 5 heteroatoms. The van der Waals surface area contributed by atoms with Gasteiger partial charge in [0.15, 0.2) is 0 Å². The second-order valence-corrected chi connectivity index (χ2v) is 5.58. The summed E-state index contributed by atoms with van der Waals surface area (Å²) in [7, 11) is 0. The van der Waals surface area contributed by atoms with Crippen LogP contribution in [0.1, 0.15) is 12.8 Å². The van der Waals surface area contributed by atoms with Crippen molar-refractivity contribution in [2.45, 2.75) is 31.0 Å². The Labute approximate surface area is 109 Å². The molecule has 1 aliphatic carbocycles. The van der Waals surface area contributed by atoms with Crippen LogP contribution in [-0.2, 0) is 4.74 Å². The molecule has 2 fully saturated rings. The van der Waals surface area contributed by atoms with E-state index >= 15 is 0 Å². The zero-order chi connectivity index (χ0) is 11.8. The van der Waals surface area contributed by atoms with E-state index in [-0.39, 0.29) is 18.2 Å². The van der Waals surface area contributed by atoms with E-state index in [0.717, 1.165) is 23.3 Å². The van der Waals surface area contributed by atoms with Gasteiger partial charge in [-0.3, -0.25) is 0 Å². The standard InChI is InChI=1S/C12H16BrN3O/c13-8-4-1-5-15-12(8)16-10-9(14)7-3-2-6-17-11(7)10/h1,4-5,7,9-11H,2-3,6,14H2,(H,15,16). The lowest BCUT2D eigenvalue weighted by Crippen LogP contribution is -2.69. The van der Waals surface area contributed by atoms with Gasteiger partial charge in [0, 0.05) is 24.8 Å². The molecular formula is C12H16BrN3O. The number of anilines is 1. The van der Waals surface area contributed by atoms with Gasteiger partial charge in [-0.1, -0.05) is 0 Å². The second kappa shape index (κ2) is 4.55. The first-order chi connectivity index (χ1) is 8.27. The summed E-state index contributed by atoms with van der Waals surface area (Å²) in [6.45, 7) is 0.857. The van der Waals surface area contributed by atoms with Crippen LogP contribution in [0.2, 0.25) is 0 Å². The summed E-state index contributed by atoms with van der Waals surface area (Å²) in [6, 6.07) is 4.23. The van der Waals surface area contributed by atoms with E-state index in [1.165, 1.54) is 6.42 Å². The molecule has 0 radical (unpaired) electrons. The summed E-state index contributed by atoms with van der Waals surface area (Å²) in [5.74, 6) is 1.37. The molecule has 4 nitrogen and oxygen atoms in total. The number of hydrogen-bond acceptors (Lipinski definition) is 4. The van der Waals surface area contributed by atoms with Crippen molar-refractivity contribution in [2.75, 3.05) is 11.9 Å². The minimum absolute atomic E-state index is 0.175. The maximum atomic E-state index is 6.19. The van der Waals surface area contributed by atoms with Crippen molar-refractivity contribution in [1.29, 1.82) is 0 Å². The van der Waals surface area contributed by atoms with Gasteiger partial charge in [0.05, 0.1) is 16.6 Å². The number of pyridine rings is 1. The van der Waals surface area contributed by atoms with Crippen molar-refractivity contribution >= 4 is 21.7 Å². The number of aromatic nitrogens is 1. The summed E-state index contributed by atoms with van der Waals surface area (Å²) in [5, 5.41) is 3.39. The molecule has 2 heterocycles. The average Bonchev–Trinajstić information content (AvgIpc) is 2.37.